The summed E-state index contributed by atoms with van der Waals surface area (Å²) in [5.41, 5.74) is 3.49. The molecule has 4 heteroatoms. The number of hydrogen-bond acceptors (Lipinski definition) is 3. The van der Waals surface area contributed by atoms with E-state index in [2.05, 4.69) is 66.0 Å². The predicted octanol–water partition coefficient (Wildman–Crippen LogP) is 6.03. The summed E-state index contributed by atoms with van der Waals surface area (Å²) < 4.78 is 7.71. The SMILES string of the molecule is CC1(C)c2cc(C(=O)c3ccccc3)ccc2NC12C=Cc1cc(I)ccc1O2. The first kappa shape index (κ1) is 18.4. The van der Waals surface area contributed by atoms with E-state index in [0.717, 1.165) is 22.6 Å². The minimum Gasteiger partial charge on any atom is -0.463 e. The summed E-state index contributed by atoms with van der Waals surface area (Å²) in [5.74, 6) is 0.895. The van der Waals surface area contributed by atoms with Gasteiger partial charge < -0.3 is 10.1 Å². The second-order valence-corrected chi connectivity index (χ2v) is 9.30. The molecule has 1 atom stereocenters. The molecule has 1 N–H and O–H groups in total. The van der Waals surface area contributed by atoms with E-state index in [1.807, 2.05) is 54.6 Å². The highest BCUT2D eigenvalue weighted by Gasteiger charge is 2.54. The van der Waals surface area contributed by atoms with Crippen LogP contribution in [0.1, 0.15) is 40.9 Å². The van der Waals surface area contributed by atoms with Gasteiger partial charge in [0.1, 0.15) is 5.75 Å². The first-order valence-electron chi connectivity index (χ1n) is 9.60. The Labute approximate surface area is 183 Å². The van der Waals surface area contributed by atoms with Crippen LogP contribution in [0.15, 0.2) is 72.8 Å². The van der Waals surface area contributed by atoms with Crippen LogP contribution in [0.5, 0.6) is 5.75 Å². The quantitative estimate of drug-likeness (QED) is 0.350. The fourth-order valence-electron chi connectivity index (χ4n) is 4.18. The highest BCUT2D eigenvalue weighted by molar-refractivity contribution is 14.1. The fourth-order valence-corrected chi connectivity index (χ4v) is 4.70. The van der Waals surface area contributed by atoms with Gasteiger partial charge in [-0.25, -0.2) is 0 Å². The van der Waals surface area contributed by atoms with Gasteiger partial charge in [-0.2, -0.15) is 0 Å². The van der Waals surface area contributed by atoms with Gasteiger partial charge in [0.05, 0.1) is 5.41 Å². The standard InChI is InChI=1S/C25H20INO2/c1-24(2)20-15-18(23(28)16-6-4-3-5-7-16)8-10-21(20)27-25(24)13-12-17-14-19(26)9-11-22(17)29-25/h3-15,27H,1-2H3. The highest BCUT2D eigenvalue weighted by Crippen LogP contribution is 2.51. The molecule has 1 spiro atoms. The Morgan fingerprint density at radius 1 is 0.966 bits per heavy atom. The van der Waals surface area contributed by atoms with E-state index in [1.54, 1.807) is 0 Å². The van der Waals surface area contributed by atoms with Crippen LogP contribution in [-0.2, 0) is 5.41 Å². The molecule has 0 amide bonds. The van der Waals surface area contributed by atoms with Crippen LogP contribution in [0.25, 0.3) is 6.08 Å². The van der Waals surface area contributed by atoms with Gasteiger partial charge in [-0.05, 0) is 90.6 Å². The molecular weight excluding hydrogens is 473 g/mol. The number of rotatable bonds is 2. The molecule has 2 aliphatic rings. The smallest absolute Gasteiger partial charge is 0.209 e. The summed E-state index contributed by atoms with van der Waals surface area (Å²) >= 11 is 2.31. The van der Waals surface area contributed by atoms with Crippen molar-refractivity contribution in [2.24, 2.45) is 0 Å². The number of anilines is 1. The van der Waals surface area contributed by atoms with Crippen LogP contribution in [-0.4, -0.2) is 11.5 Å². The third kappa shape index (κ3) is 2.81. The van der Waals surface area contributed by atoms with E-state index in [0.29, 0.717) is 11.1 Å². The number of carbonyl (C=O) groups is 1. The van der Waals surface area contributed by atoms with Crippen molar-refractivity contribution in [3.05, 3.63) is 98.6 Å². The first-order chi connectivity index (χ1) is 13.9. The molecule has 0 aromatic heterocycles. The molecule has 0 bridgehead atoms. The van der Waals surface area contributed by atoms with Crippen molar-refractivity contribution in [2.45, 2.75) is 25.0 Å². The number of hydrogen-bond donors (Lipinski definition) is 1. The summed E-state index contributed by atoms with van der Waals surface area (Å²) in [7, 11) is 0. The molecule has 0 saturated carbocycles. The number of halogens is 1. The number of ether oxygens (including phenoxy) is 1. The lowest BCUT2D eigenvalue weighted by molar-refractivity contribution is 0.0822. The second kappa shape index (κ2) is 6.46. The van der Waals surface area contributed by atoms with E-state index >= 15 is 0 Å². The molecular formula is C25H20INO2. The summed E-state index contributed by atoms with van der Waals surface area (Å²) in [4.78, 5) is 13.0. The van der Waals surface area contributed by atoms with Crippen molar-refractivity contribution in [2.75, 3.05) is 5.32 Å². The second-order valence-electron chi connectivity index (χ2n) is 8.06. The van der Waals surface area contributed by atoms with Gasteiger partial charge in [0, 0.05) is 25.9 Å². The average Bonchev–Trinajstić information content (AvgIpc) is 2.94. The molecule has 2 aliphatic heterocycles. The molecule has 144 valence electrons. The van der Waals surface area contributed by atoms with Gasteiger partial charge in [-0.1, -0.05) is 30.3 Å². The largest absolute Gasteiger partial charge is 0.463 e. The summed E-state index contributed by atoms with van der Waals surface area (Å²) in [5, 5.41) is 3.58. The number of benzene rings is 3. The lowest BCUT2D eigenvalue weighted by Crippen LogP contribution is -2.53. The summed E-state index contributed by atoms with van der Waals surface area (Å²) in [6, 6.07) is 21.5. The van der Waals surface area contributed by atoms with Crippen LogP contribution in [0, 0.1) is 3.57 Å². The van der Waals surface area contributed by atoms with Gasteiger partial charge in [-0.3, -0.25) is 4.79 Å². The lowest BCUT2D eigenvalue weighted by atomic mass is 9.76. The van der Waals surface area contributed by atoms with E-state index in [-0.39, 0.29) is 11.2 Å². The van der Waals surface area contributed by atoms with E-state index in [1.165, 1.54) is 3.57 Å². The molecule has 0 fully saturated rings. The van der Waals surface area contributed by atoms with Crippen LogP contribution in [0.4, 0.5) is 5.69 Å². The molecule has 2 heterocycles. The Kier molecular flexibility index (Phi) is 4.10. The highest BCUT2D eigenvalue weighted by atomic mass is 127. The molecule has 5 rings (SSSR count). The normalized spacial score (nSPS) is 20.5. The number of nitrogens with one attached hydrogen (secondary N) is 1. The van der Waals surface area contributed by atoms with Crippen LogP contribution < -0.4 is 10.1 Å². The van der Waals surface area contributed by atoms with Gasteiger partial charge in [-0.15, -0.1) is 0 Å². The molecule has 29 heavy (non-hydrogen) atoms. The number of carbonyl (C=O) groups excluding carboxylic acids is 1. The topological polar surface area (TPSA) is 38.3 Å². The van der Waals surface area contributed by atoms with Gasteiger partial charge in [0.2, 0.25) is 5.72 Å². The Balaban J connectivity index is 1.55. The van der Waals surface area contributed by atoms with Crippen molar-refractivity contribution in [1.29, 1.82) is 0 Å². The van der Waals surface area contributed by atoms with Crippen molar-refractivity contribution in [3.63, 3.8) is 0 Å². The minimum atomic E-state index is -0.691. The Morgan fingerprint density at radius 3 is 2.55 bits per heavy atom. The zero-order valence-electron chi connectivity index (χ0n) is 16.2. The average molecular weight is 493 g/mol. The van der Waals surface area contributed by atoms with Crippen molar-refractivity contribution < 1.29 is 9.53 Å². The third-order valence-corrected chi connectivity index (χ3v) is 6.65. The third-order valence-electron chi connectivity index (χ3n) is 5.98. The monoisotopic (exact) mass is 493 g/mol. The molecule has 3 nitrogen and oxygen atoms in total. The van der Waals surface area contributed by atoms with E-state index in [9.17, 15) is 4.79 Å². The van der Waals surface area contributed by atoms with Gasteiger partial charge >= 0.3 is 0 Å². The predicted molar refractivity (Wildman–Crippen MR) is 125 cm³/mol. The number of fused-ring (bicyclic) bond motifs is 2. The van der Waals surface area contributed by atoms with Crippen LogP contribution in [0.3, 0.4) is 0 Å². The summed E-state index contributed by atoms with van der Waals surface area (Å²) in [6.07, 6.45) is 4.22. The summed E-state index contributed by atoms with van der Waals surface area (Å²) in [6.45, 7) is 4.31. The fraction of sp³-hybridized carbons (Fsp3) is 0.160. The number of ketones is 1. The van der Waals surface area contributed by atoms with Crippen molar-refractivity contribution in [1.82, 2.24) is 0 Å². The van der Waals surface area contributed by atoms with Crippen molar-refractivity contribution >= 4 is 40.1 Å². The molecule has 3 aromatic carbocycles. The first-order valence-corrected chi connectivity index (χ1v) is 10.7. The Bertz CT molecular complexity index is 1170. The maximum Gasteiger partial charge on any atom is 0.209 e. The maximum absolute atomic E-state index is 13.0. The van der Waals surface area contributed by atoms with Crippen LogP contribution >= 0.6 is 22.6 Å². The lowest BCUT2D eigenvalue weighted by Gasteiger charge is -2.41. The molecule has 0 saturated heterocycles. The molecule has 0 radical (unpaired) electrons. The zero-order chi connectivity index (χ0) is 20.2. The minimum absolute atomic E-state index is 0.0326. The maximum atomic E-state index is 13.0. The van der Waals surface area contributed by atoms with E-state index in [4.69, 9.17) is 4.74 Å². The Morgan fingerprint density at radius 2 is 1.76 bits per heavy atom. The zero-order valence-corrected chi connectivity index (χ0v) is 18.4. The molecule has 3 aromatic rings. The van der Waals surface area contributed by atoms with Gasteiger partial charge in [0.25, 0.3) is 0 Å². The molecule has 1 unspecified atom stereocenters. The molecule has 0 aliphatic carbocycles. The Hall–Kier alpha value is -2.60. The van der Waals surface area contributed by atoms with Gasteiger partial charge in [0.15, 0.2) is 5.78 Å². The van der Waals surface area contributed by atoms with E-state index < -0.39 is 5.72 Å². The van der Waals surface area contributed by atoms with Crippen molar-refractivity contribution in [3.8, 4) is 5.75 Å². The van der Waals surface area contributed by atoms with Crippen LogP contribution in [0.2, 0.25) is 0 Å².